The maximum Gasteiger partial charge on any atom is 0.232 e. The molecule has 88 valence electrons. The number of nitrogens with one attached hydrogen (secondary N) is 2. The number of amides is 1. The number of carbonyl (C=O) groups is 1. The number of allylic oxidation sites excluding steroid dienone is 2. The second-order valence-corrected chi connectivity index (χ2v) is 4.68. The first-order valence-corrected chi connectivity index (χ1v) is 6.08. The van der Waals surface area contributed by atoms with Crippen LogP contribution in [0.15, 0.2) is 35.0 Å². The molecule has 0 bridgehead atoms. The maximum absolute atomic E-state index is 11.8. The molecule has 2 N–H and O–H groups in total. The third-order valence-corrected chi connectivity index (χ3v) is 3.06. The lowest BCUT2D eigenvalue weighted by molar-refractivity contribution is -0.122. The Morgan fingerprint density at radius 1 is 1.69 bits per heavy atom. The predicted octanol–water partition coefficient (Wildman–Crippen LogP) is 2.08. The summed E-state index contributed by atoms with van der Waals surface area (Å²) in [5.74, 6) is -0.0603. The highest BCUT2D eigenvalue weighted by atomic mass is 79.9. The first-order chi connectivity index (χ1) is 7.61. The van der Waals surface area contributed by atoms with Gasteiger partial charge in [-0.15, -0.1) is 0 Å². The Bertz CT molecular complexity index is 347. The molecule has 1 amide bonds. The normalized spacial score (nSPS) is 19.9. The van der Waals surface area contributed by atoms with Crippen molar-refractivity contribution in [3.8, 4) is 0 Å². The van der Waals surface area contributed by atoms with Gasteiger partial charge in [0.1, 0.15) is 0 Å². The van der Waals surface area contributed by atoms with E-state index in [2.05, 4.69) is 39.7 Å². The number of hydrogen-bond donors (Lipinski definition) is 2. The summed E-state index contributed by atoms with van der Waals surface area (Å²) in [6.45, 7) is 8.46. The largest absolute Gasteiger partial charge is 0.325 e. The Morgan fingerprint density at radius 2 is 2.38 bits per heavy atom. The number of carbonyl (C=O) groups excluding carboxylic acids is 1. The van der Waals surface area contributed by atoms with Gasteiger partial charge in [-0.1, -0.05) is 29.1 Å². The Morgan fingerprint density at radius 3 is 2.88 bits per heavy atom. The van der Waals surface area contributed by atoms with Crippen molar-refractivity contribution in [1.29, 1.82) is 0 Å². The van der Waals surface area contributed by atoms with E-state index in [0.29, 0.717) is 0 Å². The maximum atomic E-state index is 11.8. The van der Waals surface area contributed by atoms with Crippen LogP contribution in [0.3, 0.4) is 0 Å². The standard InChI is InChI=1S/C12H17BrN2O/c1-4-10-11(8(2)13)9(12(16)15-10)6-5-7-14-3/h4,9,14H,1-2,5-7H2,3H3,(H,15,16). The minimum absolute atomic E-state index is 0.0432. The first kappa shape index (κ1) is 13.2. The van der Waals surface area contributed by atoms with Gasteiger partial charge in [0.2, 0.25) is 5.91 Å². The molecule has 3 nitrogen and oxygen atoms in total. The lowest BCUT2D eigenvalue weighted by atomic mass is 9.95. The fraction of sp³-hybridized carbons (Fsp3) is 0.417. The summed E-state index contributed by atoms with van der Waals surface area (Å²) in [6.07, 6.45) is 3.45. The molecule has 16 heavy (non-hydrogen) atoms. The van der Waals surface area contributed by atoms with Gasteiger partial charge in [0.25, 0.3) is 0 Å². The zero-order valence-corrected chi connectivity index (χ0v) is 11.1. The molecule has 0 fully saturated rings. The second-order valence-electron chi connectivity index (χ2n) is 3.72. The number of halogens is 1. The Balaban J connectivity index is 2.80. The van der Waals surface area contributed by atoms with Crippen molar-refractivity contribution in [3.63, 3.8) is 0 Å². The molecule has 4 heteroatoms. The molecule has 0 aliphatic carbocycles. The van der Waals surface area contributed by atoms with Crippen LogP contribution in [0.25, 0.3) is 0 Å². The van der Waals surface area contributed by atoms with Crippen LogP contribution in [0.1, 0.15) is 12.8 Å². The molecule has 0 saturated heterocycles. The van der Waals surface area contributed by atoms with E-state index in [0.717, 1.165) is 35.1 Å². The highest BCUT2D eigenvalue weighted by Crippen LogP contribution is 2.33. The van der Waals surface area contributed by atoms with Crippen LogP contribution >= 0.6 is 15.9 Å². The summed E-state index contributed by atoms with van der Waals surface area (Å²) in [5.41, 5.74) is 1.72. The SMILES string of the molecule is C=CC1=C(C(=C)Br)C(CCCNC)C(=O)N1. The number of rotatable bonds is 6. The summed E-state index contributed by atoms with van der Waals surface area (Å²) in [5, 5.41) is 5.90. The van der Waals surface area contributed by atoms with Crippen LogP contribution in [-0.2, 0) is 4.79 Å². The van der Waals surface area contributed by atoms with Gasteiger partial charge in [-0.2, -0.15) is 0 Å². The molecule has 1 aliphatic rings. The summed E-state index contributed by atoms with van der Waals surface area (Å²) in [4.78, 5) is 11.8. The van der Waals surface area contributed by atoms with Crippen molar-refractivity contribution >= 4 is 21.8 Å². The molecule has 1 unspecified atom stereocenters. The molecule has 0 aromatic rings. The summed E-state index contributed by atoms with van der Waals surface area (Å²) >= 11 is 3.35. The van der Waals surface area contributed by atoms with Crippen LogP contribution in [0, 0.1) is 5.92 Å². The zero-order valence-electron chi connectivity index (χ0n) is 9.48. The molecular weight excluding hydrogens is 268 g/mol. The van der Waals surface area contributed by atoms with Crippen molar-refractivity contribution in [2.24, 2.45) is 5.92 Å². The van der Waals surface area contributed by atoms with Crippen LogP contribution in [-0.4, -0.2) is 19.5 Å². The minimum atomic E-state index is -0.103. The molecule has 0 aromatic carbocycles. The van der Waals surface area contributed by atoms with Crippen LogP contribution in [0.5, 0.6) is 0 Å². The van der Waals surface area contributed by atoms with Gasteiger partial charge >= 0.3 is 0 Å². The van der Waals surface area contributed by atoms with Crippen LogP contribution in [0.4, 0.5) is 0 Å². The Labute approximate surface area is 105 Å². The summed E-state index contributed by atoms with van der Waals surface area (Å²) < 4.78 is 0.759. The highest BCUT2D eigenvalue weighted by molar-refractivity contribution is 9.11. The van der Waals surface area contributed by atoms with Crippen LogP contribution in [0.2, 0.25) is 0 Å². The van der Waals surface area contributed by atoms with E-state index in [-0.39, 0.29) is 11.8 Å². The van der Waals surface area contributed by atoms with Crippen molar-refractivity contribution in [1.82, 2.24) is 10.6 Å². The van der Waals surface area contributed by atoms with Crippen LogP contribution < -0.4 is 10.6 Å². The second kappa shape index (κ2) is 6.01. The predicted molar refractivity (Wildman–Crippen MR) is 70.1 cm³/mol. The monoisotopic (exact) mass is 284 g/mol. The van der Waals surface area contributed by atoms with Gasteiger partial charge in [0, 0.05) is 15.8 Å². The Hall–Kier alpha value is -0.870. The topological polar surface area (TPSA) is 41.1 Å². The van der Waals surface area contributed by atoms with E-state index in [9.17, 15) is 4.79 Å². The highest BCUT2D eigenvalue weighted by Gasteiger charge is 2.32. The van der Waals surface area contributed by atoms with Gasteiger partial charge in [-0.25, -0.2) is 0 Å². The summed E-state index contributed by atoms with van der Waals surface area (Å²) in [7, 11) is 1.91. The molecule has 0 radical (unpaired) electrons. The average molecular weight is 285 g/mol. The molecule has 0 spiro atoms. The molecule has 1 aliphatic heterocycles. The van der Waals surface area contributed by atoms with Crippen molar-refractivity contribution in [2.75, 3.05) is 13.6 Å². The first-order valence-electron chi connectivity index (χ1n) is 5.28. The van der Waals surface area contributed by atoms with E-state index >= 15 is 0 Å². The van der Waals surface area contributed by atoms with E-state index < -0.39 is 0 Å². The van der Waals surface area contributed by atoms with Gasteiger partial charge < -0.3 is 10.6 Å². The Kier molecular flexibility index (Phi) is 4.96. The van der Waals surface area contributed by atoms with Gasteiger partial charge in [-0.05, 0) is 32.5 Å². The molecule has 1 rings (SSSR count). The molecule has 0 aromatic heterocycles. The van der Waals surface area contributed by atoms with Gasteiger partial charge in [-0.3, -0.25) is 4.79 Å². The van der Waals surface area contributed by atoms with E-state index in [1.54, 1.807) is 6.08 Å². The number of hydrogen-bond acceptors (Lipinski definition) is 2. The molecule has 1 atom stereocenters. The quantitative estimate of drug-likeness (QED) is 0.734. The third-order valence-electron chi connectivity index (χ3n) is 2.63. The third kappa shape index (κ3) is 2.83. The minimum Gasteiger partial charge on any atom is -0.325 e. The molecular formula is C12H17BrN2O. The van der Waals surface area contributed by atoms with Gasteiger partial charge in [0.15, 0.2) is 0 Å². The van der Waals surface area contributed by atoms with E-state index in [1.807, 2.05) is 7.05 Å². The van der Waals surface area contributed by atoms with E-state index in [4.69, 9.17) is 0 Å². The van der Waals surface area contributed by atoms with Crippen molar-refractivity contribution in [2.45, 2.75) is 12.8 Å². The van der Waals surface area contributed by atoms with Crippen molar-refractivity contribution < 1.29 is 4.79 Å². The zero-order chi connectivity index (χ0) is 12.1. The summed E-state index contributed by atoms with van der Waals surface area (Å²) in [6, 6.07) is 0. The fourth-order valence-electron chi connectivity index (χ4n) is 1.86. The lowest BCUT2D eigenvalue weighted by Crippen LogP contribution is -2.22. The fourth-order valence-corrected chi connectivity index (χ4v) is 2.35. The molecule has 0 saturated carbocycles. The van der Waals surface area contributed by atoms with Gasteiger partial charge in [0.05, 0.1) is 5.92 Å². The average Bonchev–Trinajstić information content (AvgIpc) is 2.56. The lowest BCUT2D eigenvalue weighted by Gasteiger charge is -2.11. The smallest absolute Gasteiger partial charge is 0.232 e. The molecule has 1 heterocycles. The van der Waals surface area contributed by atoms with Crippen molar-refractivity contribution in [3.05, 3.63) is 35.0 Å². The van der Waals surface area contributed by atoms with E-state index in [1.165, 1.54) is 0 Å².